The van der Waals surface area contributed by atoms with Gasteiger partial charge in [0.2, 0.25) is 0 Å². The van der Waals surface area contributed by atoms with Crippen molar-refractivity contribution in [3.63, 3.8) is 0 Å². The van der Waals surface area contributed by atoms with Gasteiger partial charge >= 0.3 is 6.16 Å². The molecule has 4 heteroatoms. The van der Waals surface area contributed by atoms with E-state index >= 15 is 0 Å². The van der Waals surface area contributed by atoms with Gasteiger partial charge in [-0.15, -0.1) is 0 Å². The summed E-state index contributed by atoms with van der Waals surface area (Å²) in [6, 6.07) is 0. The van der Waals surface area contributed by atoms with Gasteiger partial charge in [-0.25, -0.2) is 4.79 Å². The lowest BCUT2D eigenvalue weighted by molar-refractivity contribution is 0.137. The molecule has 0 fully saturated rings. The van der Waals surface area contributed by atoms with Crippen molar-refractivity contribution < 1.29 is 15.0 Å². The van der Waals surface area contributed by atoms with Crippen LogP contribution >= 0.6 is 0 Å². The van der Waals surface area contributed by atoms with Crippen molar-refractivity contribution in [2.45, 2.75) is 64.7 Å². The maximum absolute atomic E-state index is 8.56. The molecule has 0 rings (SSSR count). The van der Waals surface area contributed by atoms with Gasteiger partial charge in [0.15, 0.2) is 0 Å². The third-order valence-electron chi connectivity index (χ3n) is 2.31. The fourth-order valence-corrected chi connectivity index (χ4v) is 1.45. The fourth-order valence-electron chi connectivity index (χ4n) is 1.45. The van der Waals surface area contributed by atoms with E-state index in [9.17, 15) is 0 Å². The number of nitrogens with two attached hydrogens (primary N) is 1. The highest BCUT2D eigenvalue weighted by Gasteiger charge is 1.90. The molecular formula is C12H27NO3. The first-order valence-electron chi connectivity index (χ1n) is 6.27. The predicted octanol–water partition coefficient (Wildman–Crippen LogP) is 3.70. The van der Waals surface area contributed by atoms with E-state index in [4.69, 9.17) is 20.7 Å². The predicted molar refractivity (Wildman–Crippen MR) is 66.9 cm³/mol. The fraction of sp³-hybridized carbons (Fsp3) is 0.917. The molecule has 0 aliphatic rings. The highest BCUT2D eigenvalue weighted by atomic mass is 16.6. The molecular weight excluding hydrogens is 206 g/mol. The number of rotatable bonds is 9. The molecule has 0 spiro atoms. The smallest absolute Gasteiger partial charge is 0.450 e. The monoisotopic (exact) mass is 233 g/mol. The Hall–Kier alpha value is -0.770. The van der Waals surface area contributed by atoms with E-state index in [1.807, 2.05) is 0 Å². The van der Waals surface area contributed by atoms with Crippen LogP contribution in [0.5, 0.6) is 0 Å². The minimum absolute atomic E-state index is 0.871. The second-order valence-corrected chi connectivity index (χ2v) is 3.90. The van der Waals surface area contributed by atoms with E-state index in [0.717, 1.165) is 6.54 Å². The Morgan fingerprint density at radius 2 is 1.19 bits per heavy atom. The van der Waals surface area contributed by atoms with Crippen LogP contribution in [0.25, 0.3) is 0 Å². The molecule has 0 aromatic rings. The van der Waals surface area contributed by atoms with Crippen LogP contribution in [0.4, 0.5) is 4.79 Å². The van der Waals surface area contributed by atoms with Crippen molar-refractivity contribution in [3.8, 4) is 0 Å². The van der Waals surface area contributed by atoms with Gasteiger partial charge in [0.05, 0.1) is 0 Å². The number of carbonyl (C=O) groups is 1. The van der Waals surface area contributed by atoms with Gasteiger partial charge < -0.3 is 15.9 Å². The summed E-state index contributed by atoms with van der Waals surface area (Å²) in [5, 5.41) is 13.9. The lowest BCUT2D eigenvalue weighted by atomic mass is 10.1. The first kappa shape index (κ1) is 17.6. The summed E-state index contributed by atoms with van der Waals surface area (Å²) in [7, 11) is 0. The molecule has 98 valence electrons. The summed E-state index contributed by atoms with van der Waals surface area (Å²) < 4.78 is 0. The van der Waals surface area contributed by atoms with Crippen LogP contribution in [0.2, 0.25) is 0 Å². The van der Waals surface area contributed by atoms with Gasteiger partial charge in [-0.1, -0.05) is 58.3 Å². The number of hydrogen-bond acceptors (Lipinski definition) is 2. The Balaban J connectivity index is 0. The average molecular weight is 233 g/mol. The zero-order valence-corrected chi connectivity index (χ0v) is 10.5. The molecule has 0 radical (unpaired) electrons. The molecule has 0 aliphatic carbocycles. The van der Waals surface area contributed by atoms with Gasteiger partial charge in [-0.3, -0.25) is 0 Å². The zero-order chi connectivity index (χ0) is 12.6. The van der Waals surface area contributed by atoms with Crippen molar-refractivity contribution in [1.82, 2.24) is 0 Å². The van der Waals surface area contributed by atoms with E-state index in [2.05, 4.69) is 6.92 Å². The van der Waals surface area contributed by atoms with Gasteiger partial charge in [0, 0.05) is 0 Å². The minimum Gasteiger partial charge on any atom is -0.450 e. The molecule has 0 aromatic heterocycles. The molecule has 4 N–H and O–H groups in total. The van der Waals surface area contributed by atoms with Crippen molar-refractivity contribution in [1.29, 1.82) is 0 Å². The maximum Gasteiger partial charge on any atom is 0.503 e. The number of hydrogen-bond donors (Lipinski definition) is 3. The Kier molecular flexibility index (Phi) is 18.3. The quantitative estimate of drug-likeness (QED) is 0.530. The van der Waals surface area contributed by atoms with E-state index in [1.54, 1.807) is 0 Å². The molecule has 0 unspecified atom stereocenters. The lowest BCUT2D eigenvalue weighted by Gasteiger charge is -1.99. The highest BCUT2D eigenvalue weighted by molar-refractivity contribution is 5.53. The van der Waals surface area contributed by atoms with Crippen molar-refractivity contribution in [3.05, 3.63) is 0 Å². The average Bonchev–Trinajstić information content (AvgIpc) is 2.21. The number of carboxylic acid groups (broad SMARTS) is 2. The van der Waals surface area contributed by atoms with Crippen LogP contribution in [0, 0.1) is 0 Å². The molecule has 0 aromatic carbocycles. The van der Waals surface area contributed by atoms with Gasteiger partial charge in [-0.2, -0.15) is 0 Å². The second-order valence-electron chi connectivity index (χ2n) is 3.90. The minimum atomic E-state index is -1.83. The summed E-state index contributed by atoms with van der Waals surface area (Å²) in [6.07, 6.45) is 10.6. The molecule has 0 saturated carbocycles. The molecule has 0 bridgehead atoms. The van der Waals surface area contributed by atoms with Crippen molar-refractivity contribution >= 4 is 6.16 Å². The lowest BCUT2D eigenvalue weighted by Crippen LogP contribution is -1.97. The summed E-state index contributed by atoms with van der Waals surface area (Å²) in [5.74, 6) is 0. The van der Waals surface area contributed by atoms with Crippen LogP contribution in [0.3, 0.4) is 0 Å². The van der Waals surface area contributed by atoms with Gasteiger partial charge in [0.1, 0.15) is 0 Å². The summed E-state index contributed by atoms with van der Waals surface area (Å²) in [6.45, 7) is 3.14. The van der Waals surface area contributed by atoms with Crippen LogP contribution in [-0.2, 0) is 0 Å². The van der Waals surface area contributed by atoms with E-state index in [-0.39, 0.29) is 0 Å². The Bertz CT molecular complexity index is 126. The first-order chi connectivity index (χ1) is 7.65. The summed E-state index contributed by atoms with van der Waals surface area (Å²) in [4.78, 5) is 8.56. The largest absolute Gasteiger partial charge is 0.503 e. The van der Waals surface area contributed by atoms with Crippen LogP contribution < -0.4 is 5.73 Å². The standard InChI is InChI=1S/C11H25N.CH2O3/c1-2-3-4-5-6-7-8-9-10-11-12;2-1(3)4/h2-12H2,1H3;(H2,2,3,4). The Morgan fingerprint density at radius 1 is 0.875 bits per heavy atom. The van der Waals surface area contributed by atoms with Crippen LogP contribution in [0.15, 0.2) is 0 Å². The van der Waals surface area contributed by atoms with Crippen molar-refractivity contribution in [2.24, 2.45) is 5.73 Å². The first-order valence-corrected chi connectivity index (χ1v) is 6.27. The van der Waals surface area contributed by atoms with E-state index in [0.29, 0.717) is 0 Å². The number of unbranched alkanes of at least 4 members (excludes halogenated alkanes) is 8. The molecule has 0 saturated heterocycles. The SMILES string of the molecule is CCCCCCCCCCCN.O=C(O)O. The summed E-state index contributed by atoms with van der Waals surface area (Å²) >= 11 is 0. The van der Waals surface area contributed by atoms with Crippen LogP contribution in [-0.4, -0.2) is 22.9 Å². The third-order valence-corrected chi connectivity index (χ3v) is 2.31. The van der Waals surface area contributed by atoms with Crippen LogP contribution in [0.1, 0.15) is 64.7 Å². The highest BCUT2D eigenvalue weighted by Crippen LogP contribution is 2.08. The van der Waals surface area contributed by atoms with E-state index < -0.39 is 6.16 Å². The zero-order valence-electron chi connectivity index (χ0n) is 10.5. The second kappa shape index (κ2) is 16.7. The molecule has 4 nitrogen and oxygen atoms in total. The molecule has 0 heterocycles. The van der Waals surface area contributed by atoms with Gasteiger partial charge in [-0.05, 0) is 13.0 Å². The molecule has 16 heavy (non-hydrogen) atoms. The Labute approximate surface area is 98.8 Å². The third kappa shape index (κ3) is 29.2. The topological polar surface area (TPSA) is 83.6 Å². The molecule has 0 atom stereocenters. The van der Waals surface area contributed by atoms with Gasteiger partial charge in [0.25, 0.3) is 0 Å². The molecule has 0 aliphatic heterocycles. The maximum atomic E-state index is 8.56. The Morgan fingerprint density at radius 3 is 1.50 bits per heavy atom. The molecule has 0 amide bonds. The summed E-state index contributed by atoms with van der Waals surface area (Å²) in [5.41, 5.74) is 5.41. The van der Waals surface area contributed by atoms with E-state index in [1.165, 1.54) is 57.8 Å². The normalized spacial score (nSPS) is 9.38. The van der Waals surface area contributed by atoms with Crippen molar-refractivity contribution in [2.75, 3.05) is 6.54 Å².